The van der Waals surface area contributed by atoms with Crippen molar-refractivity contribution in [3.8, 4) is 11.3 Å². The molecule has 4 rings (SSSR count). The molecule has 2 heterocycles. The molecular formula is C19H16BrClN4O2. The Balaban J connectivity index is 1.60. The van der Waals surface area contributed by atoms with Gasteiger partial charge >= 0.3 is 6.09 Å². The zero-order valence-electron chi connectivity index (χ0n) is 14.4. The van der Waals surface area contributed by atoms with E-state index in [1.165, 1.54) is 12.7 Å². The van der Waals surface area contributed by atoms with Crippen molar-refractivity contribution >= 4 is 39.3 Å². The molecule has 0 saturated carbocycles. The second-order valence-electron chi connectivity index (χ2n) is 6.27. The maximum absolute atomic E-state index is 11.3. The first kappa shape index (κ1) is 18.0. The van der Waals surface area contributed by atoms with E-state index < -0.39 is 6.09 Å². The molecule has 0 aliphatic heterocycles. The number of anilines is 1. The maximum Gasteiger partial charge on any atom is 0.411 e. The Morgan fingerprint density at radius 3 is 2.89 bits per heavy atom. The summed E-state index contributed by atoms with van der Waals surface area (Å²) in [4.78, 5) is 23.8. The van der Waals surface area contributed by atoms with E-state index in [9.17, 15) is 4.79 Å². The summed E-state index contributed by atoms with van der Waals surface area (Å²) in [5, 5.41) is 3.04. The molecular weight excluding hydrogens is 432 g/mol. The van der Waals surface area contributed by atoms with E-state index in [-0.39, 0.29) is 5.92 Å². The fourth-order valence-electron chi connectivity index (χ4n) is 3.32. The Hall–Kier alpha value is -2.38. The zero-order valence-corrected chi connectivity index (χ0v) is 16.8. The number of amides is 1. The van der Waals surface area contributed by atoms with Gasteiger partial charge in [-0.3, -0.25) is 10.3 Å². The molecule has 138 valence electrons. The number of hydrogen-bond acceptors (Lipinski definition) is 4. The lowest BCUT2D eigenvalue weighted by Crippen LogP contribution is -2.10. The number of aryl methyl sites for hydroxylation is 1. The molecule has 8 heteroatoms. The van der Waals surface area contributed by atoms with Crippen LogP contribution in [0.25, 0.3) is 11.3 Å². The molecule has 1 aliphatic rings. The molecule has 27 heavy (non-hydrogen) atoms. The molecule has 0 spiro atoms. The second kappa shape index (κ2) is 7.32. The molecule has 2 aromatic heterocycles. The third kappa shape index (κ3) is 3.57. The number of nitrogens with zero attached hydrogens (tertiary/aromatic N) is 2. The number of nitrogens with one attached hydrogen (secondary N) is 2. The average Bonchev–Trinajstić information content (AvgIpc) is 3.25. The van der Waals surface area contributed by atoms with Crippen LogP contribution in [0.3, 0.4) is 0 Å². The highest BCUT2D eigenvalue weighted by Crippen LogP contribution is 2.38. The highest BCUT2D eigenvalue weighted by Gasteiger charge is 2.29. The van der Waals surface area contributed by atoms with Crippen molar-refractivity contribution in [2.45, 2.75) is 18.8 Å². The van der Waals surface area contributed by atoms with E-state index in [0.717, 1.165) is 40.1 Å². The molecule has 0 saturated heterocycles. The molecule has 1 amide bonds. The highest BCUT2D eigenvalue weighted by molar-refractivity contribution is 9.10. The number of carbonyl (C=O) groups excluding carboxylic acids is 1. The number of pyridine rings is 1. The minimum atomic E-state index is -0.511. The van der Waals surface area contributed by atoms with Gasteiger partial charge in [0.2, 0.25) is 0 Å². The number of ether oxygens (including phenoxy) is 1. The number of benzene rings is 1. The van der Waals surface area contributed by atoms with Crippen molar-refractivity contribution in [1.82, 2.24) is 15.0 Å². The van der Waals surface area contributed by atoms with Crippen LogP contribution >= 0.6 is 27.5 Å². The van der Waals surface area contributed by atoms with Crippen LogP contribution in [0, 0.1) is 0 Å². The summed E-state index contributed by atoms with van der Waals surface area (Å²) in [7, 11) is 1.32. The lowest BCUT2D eigenvalue weighted by molar-refractivity contribution is 0.187. The van der Waals surface area contributed by atoms with Gasteiger partial charge in [-0.05, 0) is 52.5 Å². The van der Waals surface area contributed by atoms with E-state index in [0.29, 0.717) is 10.8 Å². The second-order valence-corrected chi connectivity index (χ2v) is 7.54. The molecule has 1 atom stereocenters. The van der Waals surface area contributed by atoms with Crippen molar-refractivity contribution in [2.75, 3.05) is 12.4 Å². The topological polar surface area (TPSA) is 79.9 Å². The summed E-state index contributed by atoms with van der Waals surface area (Å²) >= 11 is 9.87. The summed E-state index contributed by atoms with van der Waals surface area (Å²) in [6.45, 7) is 0. The molecule has 2 N–H and O–H groups in total. The Kier molecular flexibility index (Phi) is 4.88. The van der Waals surface area contributed by atoms with E-state index in [1.54, 1.807) is 12.1 Å². The number of aromatic amines is 1. The molecule has 1 unspecified atom stereocenters. The van der Waals surface area contributed by atoms with Gasteiger partial charge in [-0.1, -0.05) is 23.7 Å². The number of H-pyrrole nitrogens is 1. The van der Waals surface area contributed by atoms with Gasteiger partial charge in [0.05, 0.1) is 24.4 Å². The van der Waals surface area contributed by atoms with Gasteiger partial charge in [0, 0.05) is 21.9 Å². The Morgan fingerprint density at radius 2 is 2.15 bits per heavy atom. The minimum Gasteiger partial charge on any atom is -0.453 e. The molecule has 1 aliphatic carbocycles. The first-order valence-corrected chi connectivity index (χ1v) is 9.57. The van der Waals surface area contributed by atoms with Crippen LogP contribution in [0.15, 0.2) is 41.0 Å². The number of hydrogen-bond donors (Lipinski definition) is 2. The van der Waals surface area contributed by atoms with Crippen molar-refractivity contribution in [3.05, 3.63) is 63.2 Å². The Bertz CT molecular complexity index is 1000. The average molecular weight is 448 g/mol. The van der Waals surface area contributed by atoms with Crippen molar-refractivity contribution in [3.63, 3.8) is 0 Å². The number of imidazole rings is 1. The SMILES string of the molecule is COC(=O)Nc1ccc(-c2[nH]c(C3CCc4cc(Br)cnc43)nc2Cl)cc1. The maximum atomic E-state index is 11.3. The number of fused-ring (bicyclic) bond motifs is 1. The summed E-state index contributed by atoms with van der Waals surface area (Å²) in [5.74, 6) is 0.931. The lowest BCUT2D eigenvalue weighted by Gasteiger charge is -2.07. The fraction of sp³-hybridized carbons (Fsp3) is 0.211. The van der Waals surface area contributed by atoms with E-state index >= 15 is 0 Å². The number of carbonyl (C=O) groups is 1. The standard InChI is InChI=1S/C19H16BrClN4O2/c1-27-19(26)23-13-5-2-10(3-6-13)16-17(21)25-18(24-16)14-7-4-11-8-12(20)9-22-15(11)14/h2-3,5-6,8-9,14H,4,7H2,1H3,(H,23,26)(H,24,25). The molecule has 3 aromatic rings. The third-order valence-electron chi connectivity index (χ3n) is 4.61. The van der Waals surface area contributed by atoms with Gasteiger partial charge in [-0.25, -0.2) is 9.78 Å². The van der Waals surface area contributed by atoms with E-state index in [4.69, 9.17) is 11.6 Å². The Labute approximate surface area is 169 Å². The van der Waals surface area contributed by atoms with Crippen molar-refractivity contribution in [2.24, 2.45) is 0 Å². The number of rotatable bonds is 3. The molecule has 0 radical (unpaired) electrons. The van der Waals surface area contributed by atoms with Crippen LogP contribution in [0.2, 0.25) is 5.15 Å². The normalized spacial score (nSPS) is 15.4. The summed E-state index contributed by atoms with van der Waals surface area (Å²) in [5.41, 5.74) is 4.56. The van der Waals surface area contributed by atoms with Crippen molar-refractivity contribution in [1.29, 1.82) is 0 Å². The smallest absolute Gasteiger partial charge is 0.411 e. The van der Waals surface area contributed by atoms with Crippen LogP contribution in [-0.4, -0.2) is 28.2 Å². The van der Waals surface area contributed by atoms with Crippen LogP contribution in [0.5, 0.6) is 0 Å². The number of methoxy groups -OCH3 is 1. The summed E-state index contributed by atoms with van der Waals surface area (Å²) < 4.78 is 5.58. The summed E-state index contributed by atoms with van der Waals surface area (Å²) in [6, 6.07) is 9.42. The van der Waals surface area contributed by atoms with Crippen LogP contribution < -0.4 is 5.32 Å². The Morgan fingerprint density at radius 1 is 1.37 bits per heavy atom. The molecule has 0 fully saturated rings. The largest absolute Gasteiger partial charge is 0.453 e. The fourth-order valence-corrected chi connectivity index (χ4v) is 3.95. The predicted molar refractivity (Wildman–Crippen MR) is 107 cm³/mol. The van der Waals surface area contributed by atoms with Gasteiger partial charge in [0.1, 0.15) is 5.82 Å². The first-order valence-electron chi connectivity index (χ1n) is 8.40. The number of aromatic nitrogens is 3. The predicted octanol–water partition coefficient (Wildman–Crippen LogP) is 5.14. The van der Waals surface area contributed by atoms with Gasteiger partial charge in [0.25, 0.3) is 0 Å². The van der Waals surface area contributed by atoms with Gasteiger partial charge in [-0.2, -0.15) is 0 Å². The highest BCUT2D eigenvalue weighted by atomic mass is 79.9. The van der Waals surface area contributed by atoms with E-state index in [2.05, 4.69) is 47.0 Å². The van der Waals surface area contributed by atoms with Crippen LogP contribution in [0.1, 0.15) is 29.4 Å². The van der Waals surface area contributed by atoms with Crippen LogP contribution in [0.4, 0.5) is 10.5 Å². The van der Waals surface area contributed by atoms with Gasteiger partial charge in [-0.15, -0.1) is 0 Å². The molecule has 6 nitrogen and oxygen atoms in total. The van der Waals surface area contributed by atoms with Crippen molar-refractivity contribution < 1.29 is 9.53 Å². The van der Waals surface area contributed by atoms with Gasteiger partial charge in [0.15, 0.2) is 5.15 Å². The minimum absolute atomic E-state index is 0.111. The molecule has 0 bridgehead atoms. The summed E-state index contributed by atoms with van der Waals surface area (Å²) in [6.07, 6.45) is 3.22. The number of halogens is 2. The lowest BCUT2D eigenvalue weighted by atomic mass is 10.1. The van der Waals surface area contributed by atoms with Crippen LogP contribution in [-0.2, 0) is 11.2 Å². The van der Waals surface area contributed by atoms with Gasteiger partial charge < -0.3 is 9.72 Å². The zero-order chi connectivity index (χ0) is 19.0. The monoisotopic (exact) mass is 446 g/mol. The third-order valence-corrected chi connectivity index (χ3v) is 5.32. The first-order chi connectivity index (χ1) is 13.0. The molecule has 1 aromatic carbocycles. The van der Waals surface area contributed by atoms with E-state index in [1.807, 2.05) is 18.3 Å². The quantitative estimate of drug-likeness (QED) is 0.582.